The Morgan fingerprint density at radius 3 is 2.76 bits per heavy atom. The van der Waals surface area contributed by atoms with Crippen molar-refractivity contribution in [1.82, 2.24) is 39.2 Å². The normalized spacial score (nSPS) is 16.2. The first-order valence-corrected chi connectivity index (χ1v) is 11.0. The molecule has 0 N–H and O–H groups in total. The molecule has 0 bridgehead atoms. The van der Waals surface area contributed by atoms with Crippen LogP contribution in [-0.4, -0.2) is 64.3 Å². The first-order chi connectivity index (χ1) is 15.9. The third-order valence-corrected chi connectivity index (χ3v) is 6.08. The molecule has 1 amide bonds. The van der Waals surface area contributed by atoms with Gasteiger partial charge in [-0.2, -0.15) is 10.1 Å². The third kappa shape index (κ3) is 3.53. The van der Waals surface area contributed by atoms with Gasteiger partial charge in [-0.05, 0) is 20.8 Å². The smallest absolute Gasteiger partial charge is 0.276 e. The Hall–Kier alpha value is -3.76. The zero-order valence-electron chi connectivity index (χ0n) is 19.4. The first kappa shape index (κ1) is 21.1. The molecular weight excluding hydrogens is 424 g/mol. The van der Waals surface area contributed by atoms with E-state index in [1.807, 2.05) is 29.4 Å². The highest BCUT2D eigenvalue weighted by atomic mass is 16.5. The van der Waals surface area contributed by atoms with Gasteiger partial charge in [-0.3, -0.25) is 9.48 Å². The van der Waals surface area contributed by atoms with Gasteiger partial charge in [0.1, 0.15) is 24.0 Å². The van der Waals surface area contributed by atoms with Gasteiger partial charge in [0.15, 0.2) is 22.7 Å². The van der Waals surface area contributed by atoms with Gasteiger partial charge in [-0.1, -0.05) is 0 Å². The number of fused-ring (bicyclic) bond motifs is 1. The Kier molecular flexibility index (Phi) is 5.10. The predicted molar refractivity (Wildman–Crippen MR) is 119 cm³/mol. The van der Waals surface area contributed by atoms with Crippen molar-refractivity contribution in [3.8, 4) is 17.3 Å². The van der Waals surface area contributed by atoms with E-state index in [0.29, 0.717) is 53.9 Å². The molecule has 5 rings (SSSR count). The summed E-state index contributed by atoms with van der Waals surface area (Å²) >= 11 is 0. The number of hydrogen-bond acceptors (Lipinski definition) is 8. The molecule has 0 saturated carbocycles. The largest absolute Gasteiger partial charge is 0.471 e. The quantitative estimate of drug-likeness (QED) is 0.455. The Morgan fingerprint density at radius 2 is 2.06 bits per heavy atom. The van der Waals surface area contributed by atoms with Crippen LogP contribution in [0.3, 0.4) is 0 Å². The zero-order chi connectivity index (χ0) is 23.3. The van der Waals surface area contributed by atoms with Crippen LogP contribution in [0.5, 0.6) is 5.88 Å². The van der Waals surface area contributed by atoms with E-state index in [1.54, 1.807) is 18.7 Å². The number of imidazole rings is 1. The number of rotatable bonds is 5. The summed E-state index contributed by atoms with van der Waals surface area (Å²) in [5, 5.41) is 4.43. The molecular formula is C22H26N8O3. The van der Waals surface area contributed by atoms with Crippen LogP contribution in [0.15, 0.2) is 16.9 Å². The number of aryl methyl sites for hydroxylation is 4. The van der Waals surface area contributed by atoms with Gasteiger partial charge in [0.25, 0.3) is 5.91 Å². The van der Waals surface area contributed by atoms with E-state index in [2.05, 4.69) is 27.0 Å². The minimum atomic E-state index is -0.199. The van der Waals surface area contributed by atoms with Crippen molar-refractivity contribution in [1.29, 1.82) is 0 Å². The van der Waals surface area contributed by atoms with Gasteiger partial charge in [-0.25, -0.2) is 15.0 Å². The van der Waals surface area contributed by atoms with Crippen molar-refractivity contribution in [3.05, 3.63) is 35.6 Å². The number of carbonyl (C=O) groups excluding carboxylic acids is 1. The summed E-state index contributed by atoms with van der Waals surface area (Å²) in [5.41, 5.74) is 3.61. The number of carbonyl (C=O) groups is 1. The average molecular weight is 451 g/mol. The van der Waals surface area contributed by atoms with Crippen LogP contribution in [0, 0.1) is 20.8 Å². The molecule has 1 atom stereocenters. The van der Waals surface area contributed by atoms with Crippen molar-refractivity contribution in [2.75, 3.05) is 13.1 Å². The van der Waals surface area contributed by atoms with Gasteiger partial charge in [-0.15, -0.1) is 0 Å². The lowest BCUT2D eigenvalue weighted by Crippen LogP contribution is -2.31. The zero-order valence-corrected chi connectivity index (χ0v) is 19.4. The Labute approximate surface area is 190 Å². The van der Waals surface area contributed by atoms with Crippen LogP contribution in [0.1, 0.15) is 41.2 Å². The first-order valence-electron chi connectivity index (χ1n) is 11.0. The lowest BCUT2D eigenvalue weighted by Gasteiger charge is -2.16. The molecule has 5 heterocycles. The Morgan fingerprint density at radius 1 is 1.24 bits per heavy atom. The van der Waals surface area contributed by atoms with Crippen LogP contribution in [0.4, 0.5) is 0 Å². The van der Waals surface area contributed by atoms with E-state index in [4.69, 9.17) is 14.1 Å². The van der Waals surface area contributed by atoms with Crippen LogP contribution in [0.2, 0.25) is 0 Å². The van der Waals surface area contributed by atoms with Gasteiger partial charge < -0.3 is 18.6 Å². The summed E-state index contributed by atoms with van der Waals surface area (Å²) in [4.78, 5) is 32.4. The summed E-state index contributed by atoms with van der Waals surface area (Å²) in [7, 11) is 1.92. The maximum absolute atomic E-state index is 12.9. The van der Waals surface area contributed by atoms with E-state index < -0.39 is 0 Å². The van der Waals surface area contributed by atoms with Gasteiger partial charge in [0, 0.05) is 39.2 Å². The van der Waals surface area contributed by atoms with Crippen LogP contribution in [-0.2, 0) is 13.6 Å². The second-order valence-electron chi connectivity index (χ2n) is 8.22. The molecule has 4 aromatic rings. The molecule has 4 aromatic heterocycles. The highest BCUT2D eigenvalue weighted by Crippen LogP contribution is 2.30. The molecule has 33 heavy (non-hydrogen) atoms. The number of oxazole rings is 1. The lowest BCUT2D eigenvalue weighted by atomic mass is 10.2. The molecule has 1 saturated heterocycles. The molecule has 1 aliphatic rings. The molecule has 0 aliphatic carbocycles. The van der Waals surface area contributed by atoms with E-state index in [1.165, 1.54) is 6.33 Å². The Balaban J connectivity index is 1.39. The fourth-order valence-corrected chi connectivity index (χ4v) is 4.33. The highest BCUT2D eigenvalue weighted by molar-refractivity contribution is 5.93. The minimum Gasteiger partial charge on any atom is -0.471 e. The average Bonchev–Trinajstić information content (AvgIpc) is 3.55. The fourth-order valence-electron chi connectivity index (χ4n) is 4.33. The molecule has 0 spiro atoms. The minimum absolute atomic E-state index is 0.146. The third-order valence-electron chi connectivity index (χ3n) is 6.08. The van der Waals surface area contributed by atoms with E-state index in [0.717, 1.165) is 23.6 Å². The summed E-state index contributed by atoms with van der Waals surface area (Å²) < 4.78 is 15.5. The Bertz CT molecular complexity index is 1350. The summed E-state index contributed by atoms with van der Waals surface area (Å²) in [6.45, 7) is 9.36. The number of amides is 1. The predicted octanol–water partition coefficient (Wildman–Crippen LogP) is 2.45. The van der Waals surface area contributed by atoms with Crippen molar-refractivity contribution in [3.63, 3.8) is 0 Å². The second-order valence-corrected chi connectivity index (χ2v) is 8.22. The summed E-state index contributed by atoms with van der Waals surface area (Å²) in [6.07, 6.45) is 3.79. The molecule has 11 nitrogen and oxygen atoms in total. The maximum Gasteiger partial charge on any atom is 0.276 e. The fraction of sp³-hybridized carbons (Fsp3) is 0.455. The molecule has 1 aliphatic heterocycles. The van der Waals surface area contributed by atoms with Crippen LogP contribution >= 0.6 is 0 Å². The van der Waals surface area contributed by atoms with E-state index >= 15 is 0 Å². The molecule has 0 radical (unpaired) electrons. The molecule has 1 fully saturated rings. The second kappa shape index (κ2) is 7.98. The van der Waals surface area contributed by atoms with Crippen molar-refractivity contribution in [2.24, 2.45) is 7.05 Å². The van der Waals surface area contributed by atoms with E-state index in [9.17, 15) is 4.79 Å². The summed E-state index contributed by atoms with van der Waals surface area (Å²) in [6, 6.07) is 0. The van der Waals surface area contributed by atoms with Crippen molar-refractivity contribution in [2.45, 2.75) is 46.8 Å². The number of nitrogens with zero attached hydrogens (tertiary/aromatic N) is 8. The number of hydrogen-bond donors (Lipinski definition) is 0. The van der Waals surface area contributed by atoms with Gasteiger partial charge in [0.2, 0.25) is 5.88 Å². The van der Waals surface area contributed by atoms with Crippen molar-refractivity contribution >= 4 is 17.1 Å². The molecule has 11 heteroatoms. The van der Waals surface area contributed by atoms with E-state index in [-0.39, 0.29) is 12.0 Å². The highest BCUT2D eigenvalue weighted by Gasteiger charge is 2.32. The van der Waals surface area contributed by atoms with Crippen LogP contribution < -0.4 is 4.74 Å². The van der Waals surface area contributed by atoms with Gasteiger partial charge >= 0.3 is 0 Å². The molecule has 172 valence electrons. The van der Waals surface area contributed by atoms with Gasteiger partial charge in [0.05, 0.1) is 18.3 Å². The van der Waals surface area contributed by atoms with Crippen molar-refractivity contribution < 1.29 is 13.9 Å². The molecule has 0 unspecified atom stereocenters. The standard InChI is InChI=1S/C22H26N8O3/c1-6-30-12(2)16(9-25-30)19-27-18-20(28(19)5)23-11-24-21(18)33-15-7-8-29(10-15)22(31)17-13(3)32-14(4)26-17/h9,11,15H,6-8,10H2,1-5H3/t15-/m0/s1. The monoisotopic (exact) mass is 450 g/mol. The van der Waals surface area contributed by atoms with Crippen LogP contribution in [0.25, 0.3) is 22.6 Å². The SMILES string of the molecule is CCn1ncc(-c2nc3c(O[C@H]4CCN(C(=O)c5nc(C)oc5C)C4)ncnc3n2C)c1C. The number of ether oxygens (including phenoxy) is 1. The topological polar surface area (TPSA) is 117 Å². The summed E-state index contributed by atoms with van der Waals surface area (Å²) in [5.74, 6) is 2.04. The number of likely N-dealkylation sites (tertiary alicyclic amines) is 1. The molecule has 0 aromatic carbocycles. The number of aromatic nitrogens is 7. The maximum atomic E-state index is 12.9. The lowest BCUT2D eigenvalue weighted by molar-refractivity contribution is 0.0764.